The first-order valence-corrected chi connectivity index (χ1v) is 8.75. The topological polar surface area (TPSA) is 123 Å². The second kappa shape index (κ2) is 10.9. The summed E-state index contributed by atoms with van der Waals surface area (Å²) in [7, 11) is 1.23. The molecule has 28 heavy (non-hydrogen) atoms. The van der Waals surface area contributed by atoms with Gasteiger partial charge in [-0.25, -0.2) is 9.59 Å². The lowest BCUT2D eigenvalue weighted by atomic mass is 10.1. The van der Waals surface area contributed by atoms with Gasteiger partial charge in [-0.05, 0) is 26.3 Å². The SMILES string of the molecule is COC(=O)C(Cc1ccccc1)NC(=O)CNC(=O)CNC(=O)OC(C)(C)C. The Morgan fingerprint density at radius 2 is 1.57 bits per heavy atom. The van der Waals surface area contributed by atoms with Crippen LogP contribution in [0.5, 0.6) is 0 Å². The lowest BCUT2D eigenvalue weighted by Gasteiger charge is -2.19. The molecule has 0 aromatic heterocycles. The first kappa shape index (κ1) is 22.9. The van der Waals surface area contributed by atoms with Crippen LogP contribution in [0.1, 0.15) is 26.3 Å². The molecular weight excluding hydrogens is 366 g/mol. The maximum absolute atomic E-state index is 12.0. The van der Waals surface area contributed by atoms with Crippen LogP contribution in [0.15, 0.2) is 30.3 Å². The van der Waals surface area contributed by atoms with Gasteiger partial charge in [0.2, 0.25) is 11.8 Å². The minimum Gasteiger partial charge on any atom is -0.467 e. The molecule has 0 radical (unpaired) electrons. The number of nitrogens with one attached hydrogen (secondary N) is 3. The van der Waals surface area contributed by atoms with Crippen molar-refractivity contribution in [2.24, 2.45) is 0 Å². The normalized spacial score (nSPS) is 11.7. The number of carbonyl (C=O) groups is 4. The van der Waals surface area contributed by atoms with Crippen molar-refractivity contribution in [2.75, 3.05) is 20.2 Å². The van der Waals surface area contributed by atoms with Gasteiger partial charge in [0.1, 0.15) is 18.2 Å². The lowest BCUT2D eigenvalue weighted by Crippen LogP contribution is -2.48. The predicted octanol–water partition coefficient (Wildman–Crippen LogP) is 0.528. The number of methoxy groups -OCH3 is 1. The lowest BCUT2D eigenvalue weighted by molar-refractivity contribution is -0.145. The molecule has 9 nitrogen and oxygen atoms in total. The molecule has 3 N–H and O–H groups in total. The summed E-state index contributed by atoms with van der Waals surface area (Å²) in [6.45, 7) is 4.40. The Labute approximate surface area is 164 Å². The first-order valence-electron chi connectivity index (χ1n) is 8.75. The molecule has 0 aliphatic rings. The van der Waals surface area contributed by atoms with Gasteiger partial charge in [-0.15, -0.1) is 0 Å². The molecule has 1 aromatic carbocycles. The highest BCUT2D eigenvalue weighted by Gasteiger charge is 2.22. The fraction of sp³-hybridized carbons (Fsp3) is 0.474. The summed E-state index contributed by atoms with van der Waals surface area (Å²) in [5.74, 6) is -1.72. The Hall–Kier alpha value is -3.10. The molecule has 0 spiro atoms. The second-order valence-electron chi connectivity index (χ2n) is 6.97. The van der Waals surface area contributed by atoms with Crippen molar-refractivity contribution in [1.82, 2.24) is 16.0 Å². The van der Waals surface area contributed by atoms with Crippen LogP contribution in [0.4, 0.5) is 4.79 Å². The highest BCUT2D eigenvalue weighted by atomic mass is 16.6. The van der Waals surface area contributed by atoms with Crippen LogP contribution >= 0.6 is 0 Å². The van der Waals surface area contributed by atoms with E-state index in [4.69, 9.17) is 9.47 Å². The summed E-state index contributed by atoms with van der Waals surface area (Å²) in [5.41, 5.74) is 0.172. The number of esters is 1. The van der Waals surface area contributed by atoms with E-state index in [0.717, 1.165) is 5.56 Å². The van der Waals surface area contributed by atoms with Gasteiger partial charge in [-0.2, -0.15) is 0 Å². The average molecular weight is 393 g/mol. The Morgan fingerprint density at radius 3 is 2.14 bits per heavy atom. The Bertz CT molecular complexity index is 685. The van der Waals surface area contributed by atoms with Crippen molar-refractivity contribution < 1.29 is 28.7 Å². The van der Waals surface area contributed by atoms with E-state index in [2.05, 4.69) is 16.0 Å². The van der Waals surface area contributed by atoms with Crippen LogP contribution in [0.25, 0.3) is 0 Å². The molecule has 1 rings (SSSR count). The summed E-state index contributed by atoms with van der Waals surface area (Å²) < 4.78 is 9.71. The van der Waals surface area contributed by atoms with Crippen LogP contribution in [0.2, 0.25) is 0 Å². The molecule has 0 aliphatic heterocycles. The standard InChI is InChI=1S/C19H27N3O6/c1-19(2,3)28-18(26)21-11-15(23)20-12-16(24)22-14(17(25)27-4)10-13-8-6-5-7-9-13/h5-9,14H,10-12H2,1-4H3,(H,20,23)(H,21,26)(H,22,24). The van der Waals surface area contributed by atoms with E-state index in [0.29, 0.717) is 0 Å². The number of hydrogen-bond acceptors (Lipinski definition) is 6. The Balaban J connectivity index is 2.44. The van der Waals surface area contributed by atoms with Gasteiger partial charge in [-0.3, -0.25) is 9.59 Å². The molecule has 0 fully saturated rings. The predicted molar refractivity (Wildman–Crippen MR) is 101 cm³/mol. The Kier molecular flexibility index (Phi) is 8.94. The first-order chi connectivity index (χ1) is 13.1. The van der Waals surface area contributed by atoms with Gasteiger partial charge in [0.05, 0.1) is 13.7 Å². The van der Waals surface area contributed by atoms with E-state index >= 15 is 0 Å². The maximum atomic E-state index is 12.0. The van der Waals surface area contributed by atoms with Crippen LogP contribution in [0.3, 0.4) is 0 Å². The molecule has 1 aromatic rings. The third-order valence-corrected chi connectivity index (χ3v) is 3.34. The largest absolute Gasteiger partial charge is 0.467 e. The van der Waals surface area contributed by atoms with Crippen LogP contribution in [-0.2, 0) is 30.3 Å². The highest BCUT2D eigenvalue weighted by molar-refractivity contribution is 5.89. The fourth-order valence-electron chi connectivity index (χ4n) is 2.14. The minimum absolute atomic E-state index is 0.257. The zero-order valence-electron chi connectivity index (χ0n) is 16.5. The average Bonchev–Trinajstić information content (AvgIpc) is 2.63. The molecule has 1 atom stereocenters. The summed E-state index contributed by atoms with van der Waals surface area (Å²) in [6, 6.07) is 8.26. The van der Waals surface area contributed by atoms with E-state index in [9.17, 15) is 19.2 Å². The molecule has 0 saturated carbocycles. The molecule has 9 heteroatoms. The van der Waals surface area contributed by atoms with Crippen molar-refractivity contribution in [3.63, 3.8) is 0 Å². The number of rotatable bonds is 8. The van der Waals surface area contributed by atoms with Gasteiger partial charge in [0.25, 0.3) is 0 Å². The molecule has 0 heterocycles. The van der Waals surface area contributed by atoms with Crippen molar-refractivity contribution in [2.45, 2.75) is 38.8 Å². The minimum atomic E-state index is -0.878. The van der Waals surface area contributed by atoms with Gasteiger partial charge in [-0.1, -0.05) is 30.3 Å². The van der Waals surface area contributed by atoms with Gasteiger partial charge in [0, 0.05) is 6.42 Å². The summed E-state index contributed by atoms with van der Waals surface area (Å²) in [4.78, 5) is 47.2. The van der Waals surface area contributed by atoms with E-state index < -0.39 is 35.5 Å². The van der Waals surface area contributed by atoms with Crippen LogP contribution in [-0.4, -0.2) is 55.7 Å². The van der Waals surface area contributed by atoms with Gasteiger partial charge < -0.3 is 25.4 Å². The number of hydrogen-bond donors (Lipinski definition) is 3. The quantitative estimate of drug-likeness (QED) is 0.554. The second-order valence-corrected chi connectivity index (χ2v) is 6.97. The maximum Gasteiger partial charge on any atom is 0.408 e. The molecule has 1 unspecified atom stereocenters. The third-order valence-electron chi connectivity index (χ3n) is 3.34. The van der Waals surface area contributed by atoms with Crippen LogP contribution in [0, 0.1) is 0 Å². The number of benzene rings is 1. The molecule has 3 amide bonds. The van der Waals surface area contributed by atoms with E-state index in [-0.39, 0.29) is 19.5 Å². The molecule has 0 aliphatic carbocycles. The van der Waals surface area contributed by atoms with Gasteiger partial charge >= 0.3 is 12.1 Å². The summed E-state index contributed by atoms with van der Waals surface area (Å²) in [6.07, 6.45) is -0.478. The number of amides is 3. The molecule has 0 saturated heterocycles. The monoisotopic (exact) mass is 393 g/mol. The van der Waals surface area contributed by atoms with Crippen molar-refractivity contribution in [1.29, 1.82) is 0 Å². The van der Waals surface area contributed by atoms with Crippen molar-refractivity contribution >= 4 is 23.9 Å². The fourth-order valence-corrected chi connectivity index (χ4v) is 2.14. The highest BCUT2D eigenvalue weighted by Crippen LogP contribution is 2.06. The number of alkyl carbamates (subject to hydrolysis) is 1. The van der Waals surface area contributed by atoms with E-state index in [1.165, 1.54) is 7.11 Å². The van der Waals surface area contributed by atoms with Crippen molar-refractivity contribution in [3.05, 3.63) is 35.9 Å². The third kappa shape index (κ3) is 9.56. The van der Waals surface area contributed by atoms with E-state index in [1.807, 2.05) is 30.3 Å². The smallest absolute Gasteiger partial charge is 0.408 e. The number of ether oxygens (including phenoxy) is 2. The van der Waals surface area contributed by atoms with Crippen LogP contribution < -0.4 is 16.0 Å². The summed E-state index contributed by atoms with van der Waals surface area (Å²) >= 11 is 0. The summed E-state index contributed by atoms with van der Waals surface area (Å²) in [5, 5.41) is 7.17. The van der Waals surface area contributed by atoms with Crippen molar-refractivity contribution in [3.8, 4) is 0 Å². The number of carbonyl (C=O) groups excluding carboxylic acids is 4. The molecule has 0 bridgehead atoms. The molecule has 154 valence electrons. The zero-order valence-corrected chi connectivity index (χ0v) is 16.5. The Morgan fingerprint density at radius 1 is 0.964 bits per heavy atom. The zero-order chi connectivity index (χ0) is 21.2. The van der Waals surface area contributed by atoms with Gasteiger partial charge in [0.15, 0.2) is 0 Å². The van der Waals surface area contributed by atoms with E-state index in [1.54, 1.807) is 20.8 Å². The molecular formula is C19H27N3O6.